The van der Waals surface area contributed by atoms with E-state index in [1.165, 1.54) is 0 Å². The van der Waals surface area contributed by atoms with Crippen LogP contribution in [0.15, 0.2) is 78.9 Å². The highest BCUT2D eigenvalue weighted by Crippen LogP contribution is 2.47. The highest BCUT2D eigenvalue weighted by molar-refractivity contribution is 5.96. The molecule has 0 saturated carbocycles. The maximum absolute atomic E-state index is 12.6. The van der Waals surface area contributed by atoms with Crippen LogP contribution in [0.1, 0.15) is 29.7 Å². The van der Waals surface area contributed by atoms with Crippen LogP contribution in [0.2, 0.25) is 0 Å². The van der Waals surface area contributed by atoms with Crippen molar-refractivity contribution in [3.05, 3.63) is 95.6 Å². The Hall–Kier alpha value is -4.83. The van der Waals surface area contributed by atoms with Gasteiger partial charge in [-0.2, -0.15) is 0 Å². The molecule has 220 valence electrons. The van der Waals surface area contributed by atoms with E-state index in [1.807, 2.05) is 43.3 Å². The van der Waals surface area contributed by atoms with Gasteiger partial charge in [-0.05, 0) is 66.1 Å². The SMILES string of the molecule is CC1=C(c2cccc(O)c2)[C@H](c2ccc(OCCN3CC(CF)C3)cc2)Oc2ccc(O)cc21.O=C(O)/C=C/C(=O)O. The maximum Gasteiger partial charge on any atom is 0.328 e. The molecular weight excluding hydrogens is 545 g/mol. The average Bonchev–Trinajstić information content (AvgIpc) is 2.94. The first-order valence-electron chi connectivity index (χ1n) is 13.3. The molecular formula is C32H32FNO8. The van der Waals surface area contributed by atoms with Crippen LogP contribution < -0.4 is 9.47 Å². The van der Waals surface area contributed by atoms with Crippen LogP contribution in [0.4, 0.5) is 4.39 Å². The zero-order chi connectivity index (χ0) is 30.2. The van der Waals surface area contributed by atoms with Crippen LogP contribution in [-0.2, 0) is 9.59 Å². The van der Waals surface area contributed by atoms with E-state index in [9.17, 15) is 24.2 Å². The summed E-state index contributed by atoms with van der Waals surface area (Å²) in [5.74, 6) is -0.504. The van der Waals surface area contributed by atoms with Gasteiger partial charge in [-0.1, -0.05) is 24.3 Å². The van der Waals surface area contributed by atoms with Gasteiger partial charge in [0.1, 0.15) is 35.7 Å². The molecule has 0 aromatic heterocycles. The average molecular weight is 578 g/mol. The van der Waals surface area contributed by atoms with Gasteiger partial charge < -0.3 is 29.9 Å². The second-order valence-electron chi connectivity index (χ2n) is 9.97. The van der Waals surface area contributed by atoms with E-state index in [4.69, 9.17) is 19.7 Å². The molecule has 0 bridgehead atoms. The van der Waals surface area contributed by atoms with E-state index < -0.39 is 11.9 Å². The van der Waals surface area contributed by atoms with Gasteiger partial charge in [-0.15, -0.1) is 0 Å². The Kier molecular flexibility index (Phi) is 9.82. The molecule has 3 aromatic rings. The van der Waals surface area contributed by atoms with E-state index >= 15 is 0 Å². The van der Waals surface area contributed by atoms with Gasteiger partial charge in [0.2, 0.25) is 0 Å². The molecule has 2 aliphatic heterocycles. The summed E-state index contributed by atoms with van der Waals surface area (Å²) in [4.78, 5) is 21.3. The molecule has 42 heavy (non-hydrogen) atoms. The monoisotopic (exact) mass is 577 g/mol. The van der Waals surface area contributed by atoms with E-state index in [-0.39, 0.29) is 30.2 Å². The number of carboxylic acids is 2. The van der Waals surface area contributed by atoms with Gasteiger partial charge in [0.15, 0.2) is 0 Å². The van der Waals surface area contributed by atoms with Crippen LogP contribution >= 0.6 is 0 Å². The Morgan fingerprint density at radius 1 is 0.976 bits per heavy atom. The lowest BCUT2D eigenvalue weighted by atomic mass is 9.86. The first-order chi connectivity index (χ1) is 20.1. The number of hydrogen-bond donors (Lipinski definition) is 4. The molecule has 0 aliphatic carbocycles. The summed E-state index contributed by atoms with van der Waals surface area (Å²) in [6, 6.07) is 20.1. The Morgan fingerprint density at radius 3 is 2.26 bits per heavy atom. The molecule has 10 heteroatoms. The first-order valence-corrected chi connectivity index (χ1v) is 13.3. The summed E-state index contributed by atoms with van der Waals surface area (Å²) < 4.78 is 24.9. The molecule has 5 rings (SSSR count). The molecule has 0 spiro atoms. The van der Waals surface area contributed by atoms with Crippen molar-refractivity contribution in [2.75, 3.05) is 32.9 Å². The number of phenols is 2. The van der Waals surface area contributed by atoms with Gasteiger partial charge >= 0.3 is 11.9 Å². The fourth-order valence-electron chi connectivity index (χ4n) is 4.85. The zero-order valence-corrected chi connectivity index (χ0v) is 22.9. The van der Waals surface area contributed by atoms with Crippen LogP contribution in [0, 0.1) is 5.92 Å². The molecule has 2 aliphatic rings. The third-order valence-corrected chi connectivity index (χ3v) is 6.91. The van der Waals surface area contributed by atoms with Gasteiger partial charge in [-0.3, -0.25) is 9.29 Å². The summed E-state index contributed by atoms with van der Waals surface area (Å²) >= 11 is 0. The number of ether oxygens (including phenoxy) is 2. The number of halogens is 1. The number of aromatic hydroxyl groups is 2. The van der Waals surface area contributed by atoms with Gasteiger partial charge in [-0.25, -0.2) is 9.59 Å². The number of hydrogen-bond acceptors (Lipinski definition) is 7. The fourth-order valence-corrected chi connectivity index (χ4v) is 4.85. The predicted molar refractivity (Wildman–Crippen MR) is 154 cm³/mol. The minimum absolute atomic E-state index is 0.176. The summed E-state index contributed by atoms with van der Waals surface area (Å²) in [6.07, 6.45) is 0.733. The third kappa shape index (κ3) is 7.67. The molecule has 3 aromatic carbocycles. The molecule has 0 amide bonds. The summed E-state index contributed by atoms with van der Waals surface area (Å²) in [7, 11) is 0. The van der Waals surface area contributed by atoms with Gasteiger partial charge in [0.25, 0.3) is 0 Å². The lowest BCUT2D eigenvalue weighted by molar-refractivity contribution is -0.134. The third-order valence-electron chi connectivity index (χ3n) is 6.91. The number of benzene rings is 3. The Labute approximate surface area is 242 Å². The molecule has 2 heterocycles. The van der Waals surface area contributed by atoms with Crippen LogP contribution in [0.25, 0.3) is 11.1 Å². The summed E-state index contributed by atoms with van der Waals surface area (Å²) in [5.41, 5.74) is 4.56. The van der Waals surface area contributed by atoms with Crippen molar-refractivity contribution in [2.45, 2.75) is 13.0 Å². The topological polar surface area (TPSA) is 137 Å². The smallest absolute Gasteiger partial charge is 0.328 e. The van der Waals surface area contributed by atoms with Gasteiger partial charge in [0.05, 0.1) is 6.67 Å². The summed E-state index contributed by atoms with van der Waals surface area (Å²) in [5, 5.41) is 35.7. The Balaban J connectivity index is 0.000000446. The summed E-state index contributed by atoms with van der Waals surface area (Å²) in [6.45, 7) is 4.72. The second kappa shape index (κ2) is 13.7. The normalized spacial score (nSPS) is 16.6. The van der Waals surface area contributed by atoms with E-state index in [1.54, 1.807) is 30.3 Å². The zero-order valence-electron chi connectivity index (χ0n) is 22.9. The highest BCUT2D eigenvalue weighted by Gasteiger charge is 2.30. The van der Waals surface area contributed by atoms with Crippen LogP contribution in [0.3, 0.4) is 0 Å². The lowest BCUT2D eigenvalue weighted by Gasteiger charge is -2.37. The number of fused-ring (bicyclic) bond motifs is 1. The molecule has 0 unspecified atom stereocenters. The molecule has 1 atom stereocenters. The van der Waals surface area contributed by atoms with Crippen molar-refractivity contribution >= 4 is 23.1 Å². The van der Waals surface area contributed by atoms with Crippen LogP contribution in [-0.4, -0.2) is 70.2 Å². The number of rotatable bonds is 9. The van der Waals surface area contributed by atoms with Gasteiger partial charge in [0, 0.05) is 48.8 Å². The Bertz CT molecular complexity index is 1460. The minimum Gasteiger partial charge on any atom is -0.508 e. The quantitative estimate of drug-likeness (QED) is 0.254. The van der Waals surface area contributed by atoms with E-state index in [2.05, 4.69) is 4.90 Å². The van der Waals surface area contributed by atoms with Crippen molar-refractivity contribution in [3.63, 3.8) is 0 Å². The van der Waals surface area contributed by atoms with E-state index in [0.29, 0.717) is 24.5 Å². The maximum atomic E-state index is 12.6. The second-order valence-corrected chi connectivity index (χ2v) is 9.97. The molecule has 0 radical (unpaired) electrons. The molecule has 9 nitrogen and oxygen atoms in total. The lowest BCUT2D eigenvalue weighted by Crippen LogP contribution is -2.49. The first kappa shape index (κ1) is 30.1. The predicted octanol–water partition coefficient (Wildman–Crippen LogP) is 5.15. The fraction of sp³-hybridized carbons (Fsp3) is 0.250. The largest absolute Gasteiger partial charge is 0.508 e. The van der Waals surface area contributed by atoms with Crippen molar-refractivity contribution < 1.29 is 43.9 Å². The van der Waals surface area contributed by atoms with Crippen molar-refractivity contribution in [2.24, 2.45) is 5.92 Å². The number of aliphatic carboxylic acids is 2. The number of carboxylic acid groups (broad SMARTS) is 2. The number of allylic oxidation sites excluding steroid dienone is 1. The Morgan fingerprint density at radius 2 is 1.64 bits per heavy atom. The number of alkyl halides is 1. The molecule has 1 fully saturated rings. The standard InChI is InChI=1S/C28H28FNO4.C4H4O4/c1-18-25-14-23(32)7-10-26(25)34-28(27(18)21-3-2-4-22(31)13-21)20-5-8-24(9-6-20)33-12-11-30-16-19(15-29)17-30;5-3(6)1-2-4(7)8/h2-10,13-14,19,28,31-32H,11-12,15-17H2,1H3;1-2H,(H,5,6)(H,7,8)/b;2-1+/t28-;/m0./s1. The van der Waals surface area contributed by atoms with Crippen molar-refractivity contribution in [1.82, 2.24) is 4.90 Å². The number of carbonyl (C=O) groups is 2. The van der Waals surface area contributed by atoms with Crippen LogP contribution in [0.5, 0.6) is 23.0 Å². The van der Waals surface area contributed by atoms with Crippen molar-refractivity contribution in [3.8, 4) is 23.0 Å². The molecule has 4 N–H and O–H groups in total. The number of phenolic OH excluding ortho intramolecular Hbond substituents is 2. The number of nitrogens with zero attached hydrogens (tertiary/aromatic N) is 1. The van der Waals surface area contributed by atoms with E-state index in [0.717, 1.165) is 53.2 Å². The highest BCUT2D eigenvalue weighted by atomic mass is 19.1. The minimum atomic E-state index is -1.26. The number of likely N-dealkylation sites (tertiary alicyclic amines) is 1. The van der Waals surface area contributed by atoms with Crippen molar-refractivity contribution in [1.29, 1.82) is 0 Å². The molecule has 1 saturated heterocycles.